The fourth-order valence-corrected chi connectivity index (χ4v) is 2.74. The van der Waals surface area contributed by atoms with E-state index in [0.717, 1.165) is 42.2 Å². The van der Waals surface area contributed by atoms with Crippen LogP contribution in [0.15, 0.2) is 48.5 Å². The highest BCUT2D eigenvalue weighted by atomic mass is 16.5. The molecule has 2 aromatic rings. The molecule has 0 saturated carbocycles. The molecule has 0 spiro atoms. The zero-order valence-electron chi connectivity index (χ0n) is 15.2. The average molecular weight is 341 g/mol. The fraction of sp³-hybridized carbons (Fsp3) is 0.350. The van der Waals surface area contributed by atoms with E-state index in [-0.39, 0.29) is 6.03 Å². The predicted octanol–water partition coefficient (Wildman–Crippen LogP) is 3.91. The van der Waals surface area contributed by atoms with Crippen LogP contribution in [-0.2, 0) is 6.42 Å². The van der Waals surface area contributed by atoms with Crippen molar-refractivity contribution in [3.8, 4) is 5.75 Å². The summed E-state index contributed by atoms with van der Waals surface area (Å²) in [6.07, 6.45) is 0.721. The Balaban J connectivity index is 1.82. The number of para-hydroxylation sites is 1. The lowest BCUT2D eigenvalue weighted by atomic mass is 10.1. The first-order chi connectivity index (χ1) is 12.2. The summed E-state index contributed by atoms with van der Waals surface area (Å²) in [5, 5.41) is 5.73. The molecule has 0 saturated heterocycles. The molecule has 0 bridgehead atoms. The number of rotatable bonds is 8. The molecule has 0 unspecified atom stereocenters. The Morgan fingerprint density at radius 2 is 1.72 bits per heavy atom. The molecular weight excluding hydrogens is 314 g/mol. The van der Waals surface area contributed by atoms with Gasteiger partial charge in [-0.25, -0.2) is 4.79 Å². The van der Waals surface area contributed by atoms with E-state index in [0.29, 0.717) is 6.54 Å². The standard InChI is InChI=1S/C20H27N3O2/c1-4-23(5-2)18-12-10-17(11-13-18)22-20(24)21-15-14-16-8-6-7-9-19(16)25-3/h6-13H,4-5,14-15H2,1-3H3,(H2,21,22,24). The summed E-state index contributed by atoms with van der Waals surface area (Å²) < 4.78 is 5.32. The number of methoxy groups -OCH3 is 1. The molecule has 134 valence electrons. The third kappa shape index (κ3) is 5.41. The maximum Gasteiger partial charge on any atom is 0.319 e. The normalized spacial score (nSPS) is 10.2. The van der Waals surface area contributed by atoms with E-state index in [9.17, 15) is 4.79 Å². The van der Waals surface area contributed by atoms with Crippen molar-refractivity contribution in [1.82, 2.24) is 5.32 Å². The molecule has 2 aromatic carbocycles. The van der Waals surface area contributed by atoms with Crippen molar-refractivity contribution < 1.29 is 9.53 Å². The minimum Gasteiger partial charge on any atom is -0.496 e. The Labute approximate surface area is 150 Å². The van der Waals surface area contributed by atoms with Gasteiger partial charge >= 0.3 is 6.03 Å². The summed E-state index contributed by atoms with van der Waals surface area (Å²) in [5.74, 6) is 0.844. The molecule has 0 aliphatic carbocycles. The highest BCUT2D eigenvalue weighted by Crippen LogP contribution is 2.18. The molecule has 2 N–H and O–H groups in total. The Morgan fingerprint density at radius 3 is 2.36 bits per heavy atom. The van der Waals surface area contributed by atoms with Crippen LogP contribution in [0.3, 0.4) is 0 Å². The van der Waals surface area contributed by atoms with Gasteiger partial charge in [0.15, 0.2) is 0 Å². The number of hydrogen-bond acceptors (Lipinski definition) is 3. The Hall–Kier alpha value is -2.69. The molecule has 2 rings (SSSR count). The number of hydrogen-bond donors (Lipinski definition) is 2. The molecule has 0 aliphatic heterocycles. The third-order valence-electron chi connectivity index (χ3n) is 4.13. The topological polar surface area (TPSA) is 53.6 Å². The first-order valence-corrected chi connectivity index (χ1v) is 8.69. The van der Waals surface area contributed by atoms with Gasteiger partial charge < -0.3 is 20.3 Å². The molecule has 5 heteroatoms. The summed E-state index contributed by atoms with van der Waals surface area (Å²) in [5.41, 5.74) is 3.02. The van der Waals surface area contributed by atoms with E-state index >= 15 is 0 Å². The molecule has 25 heavy (non-hydrogen) atoms. The van der Waals surface area contributed by atoms with Crippen molar-refractivity contribution >= 4 is 17.4 Å². The van der Waals surface area contributed by atoms with Gasteiger partial charge in [-0.3, -0.25) is 0 Å². The van der Waals surface area contributed by atoms with Crippen molar-refractivity contribution in [3.63, 3.8) is 0 Å². The molecule has 0 fully saturated rings. The molecule has 2 amide bonds. The van der Waals surface area contributed by atoms with Crippen LogP contribution < -0.4 is 20.3 Å². The number of urea groups is 1. The minimum atomic E-state index is -0.203. The number of nitrogens with zero attached hydrogens (tertiary/aromatic N) is 1. The van der Waals surface area contributed by atoms with Crippen molar-refractivity contribution in [1.29, 1.82) is 0 Å². The fourth-order valence-electron chi connectivity index (χ4n) is 2.74. The number of amides is 2. The lowest BCUT2D eigenvalue weighted by molar-refractivity contribution is 0.252. The largest absolute Gasteiger partial charge is 0.496 e. The summed E-state index contributed by atoms with van der Waals surface area (Å²) in [6, 6.07) is 15.5. The van der Waals surface area contributed by atoms with Gasteiger partial charge in [0.05, 0.1) is 7.11 Å². The van der Waals surface area contributed by atoms with E-state index in [1.54, 1.807) is 7.11 Å². The van der Waals surface area contributed by atoms with Gasteiger partial charge in [0.1, 0.15) is 5.75 Å². The van der Waals surface area contributed by atoms with Crippen molar-refractivity contribution in [3.05, 3.63) is 54.1 Å². The van der Waals surface area contributed by atoms with Crippen molar-refractivity contribution in [2.75, 3.05) is 37.0 Å². The molecule has 0 aromatic heterocycles. The first-order valence-electron chi connectivity index (χ1n) is 8.69. The van der Waals surface area contributed by atoms with Gasteiger partial charge in [-0.1, -0.05) is 18.2 Å². The number of benzene rings is 2. The van der Waals surface area contributed by atoms with Crippen molar-refractivity contribution in [2.45, 2.75) is 20.3 Å². The summed E-state index contributed by atoms with van der Waals surface area (Å²) in [7, 11) is 1.65. The number of anilines is 2. The van der Waals surface area contributed by atoms with E-state index in [1.807, 2.05) is 48.5 Å². The summed E-state index contributed by atoms with van der Waals surface area (Å²) in [4.78, 5) is 14.3. The van der Waals surface area contributed by atoms with E-state index in [1.165, 1.54) is 0 Å². The van der Waals surface area contributed by atoms with E-state index in [4.69, 9.17) is 4.74 Å². The molecular formula is C20H27N3O2. The quantitative estimate of drug-likeness (QED) is 0.765. The Morgan fingerprint density at radius 1 is 1.04 bits per heavy atom. The van der Waals surface area contributed by atoms with Crippen molar-refractivity contribution in [2.24, 2.45) is 0 Å². The van der Waals surface area contributed by atoms with Crippen LogP contribution in [0.1, 0.15) is 19.4 Å². The second-order valence-electron chi connectivity index (χ2n) is 5.66. The van der Waals surface area contributed by atoms with Gasteiger partial charge in [-0.2, -0.15) is 0 Å². The lowest BCUT2D eigenvalue weighted by Gasteiger charge is -2.21. The SMILES string of the molecule is CCN(CC)c1ccc(NC(=O)NCCc2ccccc2OC)cc1. The third-order valence-corrected chi connectivity index (χ3v) is 4.13. The summed E-state index contributed by atoms with van der Waals surface area (Å²) >= 11 is 0. The van der Waals surface area contributed by atoms with E-state index in [2.05, 4.69) is 29.4 Å². The monoisotopic (exact) mass is 341 g/mol. The summed E-state index contributed by atoms with van der Waals surface area (Å²) in [6.45, 7) is 6.73. The zero-order chi connectivity index (χ0) is 18.1. The van der Waals surface area contributed by atoms with Crippen LogP contribution in [0.5, 0.6) is 5.75 Å². The molecule has 0 heterocycles. The maximum atomic E-state index is 12.0. The van der Waals surface area contributed by atoms with E-state index < -0.39 is 0 Å². The van der Waals surface area contributed by atoms with Gasteiger partial charge in [-0.05, 0) is 56.2 Å². The molecule has 0 aliphatic rings. The first kappa shape index (κ1) is 18.6. The van der Waals surface area contributed by atoms with Crippen LogP contribution in [0.4, 0.5) is 16.2 Å². The number of nitrogens with one attached hydrogen (secondary N) is 2. The zero-order valence-corrected chi connectivity index (χ0v) is 15.2. The maximum absolute atomic E-state index is 12.0. The smallest absolute Gasteiger partial charge is 0.319 e. The molecule has 0 radical (unpaired) electrons. The van der Waals surface area contributed by atoms with Crippen LogP contribution in [0, 0.1) is 0 Å². The average Bonchev–Trinajstić information content (AvgIpc) is 2.64. The Kier molecular flexibility index (Phi) is 7.14. The second-order valence-corrected chi connectivity index (χ2v) is 5.66. The van der Waals surface area contributed by atoms with Gasteiger partial charge in [-0.15, -0.1) is 0 Å². The predicted molar refractivity (Wildman–Crippen MR) is 104 cm³/mol. The Bertz CT molecular complexity index is 667. The van der Waals surface area contributed by atoms with Crippen LogP contribution in [0.25, 0.3) is 0 Å². The van der Waals surface area contributed by atoms with Gasteiger partial charge in [0.2, 0.25) is 0 Å². The van der Waals surface area contributed by atoms with Crippen LogP contribution in [0.2, 0.25) is 0 Å². The van der Waals surface area contributed by atoms with Gasteiger partial charge in [0, 0.05) is 31.0 Å². The second kappa shape index (κ2) is 9.57. The molecule has 5 nitrogen and oxygen atoms in total. The lowest BCUT2D eigenvalue weighted by Crippen LogP contribution is -2.30. The van der Waals surface area contributed by atoms with Crippen LogP contribution >= 0.6 is 0 Å². The van der Waals surface area contributed by atoms with Crippen LogP contribution in [-0.4, -0.2) is 32.8 Å². The number of carbonyl (C=O) groups is 1. The molecule has 0 atom stereocenters. The van der Waals surface area contributed by atoms with Gasteiger partial charge in [0.25, 0.3) is 0 Å². The number of ether oxygens (including phenoxy) is 1. The highest BCUT2D eigenvalue weighted by molar-refractivity contribution is 5.89. The minimum absolute atomic E-state index is 0.203. The highest BCUT2D eigenvalue weighted by Gasteiger charge is 2.05. The number of carbonyl (C=O) groups excluding carboxylic acids is 1.